The van der Waals surface area contributed by atoms with Crippen molar-refractivity contribution >= 4 is 11.6 Å². The molecule has 3 heteroatoms. The third kappa shape index (κ3) is 4.78. The van der Waals surface area contributed by atoms with Crippen LogP contribution in [0.3, 0.4) is 0 Å². The second-order valence-corrected chi connectivity index (χ2v) is 6.00. The summed E-state index contributed by atoms with van der Waals surface area (Å²) >= 11 is 0. The lowest BCUT2D eigenvalue weighted by molar-refractivity contribution is -0.118. The van der Waals surface area contributed by atoms with Crippen LogP contribution in [-0.2, 0) is 11.2 Å². The van der Waals surface area contributed by atoms with Crippen molar-refractivity contribution in [2.45, 2.75) is 18.9 Å². The van der Waals surface area contributed by atoms with Crippen LogP contribution >= 0.6 is 0 Å². The van der Waals surface area contributed by atoms with Crippen molar-refractivity contribution in [3.05, 3.63) is 102 Å². The highest BCUT2D eigenvalue weighted by Crippen LogP contribution is 2.21. The third-order valence-corrected chi connectivity index (χ3v) is 4.09. The molecule has 0 aliphatic heterocycles. The first-order valence-electron chi connectivity index (χ1n) is 8.37. The van der Waals surface area contributed by atoms with E-state index in [0.29, 0.717) is 0 Å². The summed E-state index contributed by atoms with van der Waals surface area (Å²) in [6, 6.07) is 27.1. The molecule has 126 valence electrons. The molecule has 0 aliphatic carbocycles. The number of carbonyl (C=O) groups excluding carboxylic acids is 1. The fourth-order valence-corrected chi connectivity index (χ4v) is 2.78. The van der Waals surface area contributed by atoms with Gasteiger partial charge in [0.2, 0.25) is 5.91 Å². The Morgan fingerprint density at radius 3 is 2.16 bits per heavy atom. The quantitative estimate of drug-likeness (QED) is 0.706. The van der Waals surface area contributed by atoms with Crippen LogP contribution in [0.2, 0.25) is 0 Å². The summed E-state index contributed by atoms with van der Waals surface area (Å²) in [6.07, 6.45) is -0.0233. The molecule has 0 heterocycles. The Morgan fingerprint density at radius 1 is 0.840 bits per heavy atom. The topological polar surface area (TPSA) is 49.3 Å². The Bertz CT molecular complexity index is 816. The van der Waals surface area contributed by atoms with E-state index in [2.05, 4.69) is 17.4 Å². The average Bonchev–Trinajstić information content (AvgIpc) is 2.65. The van der Waals surface area contributed by atoms with E-state index >= 15 is 0 Å². The third-order valence-electron chi connectivity index (χ3n) is 4.09. The SMILES string of the molecule is O=C(CC(O)c1ccccc1)Nc1ccccc1Cc1ccccc1. The van der Waals surface area contributed by atoms with Gasteiger partial charge in [-0.3, -0.25) is 4.79 Å². The molecule has 2 N–H and O–H groups in total. The van der Waals surface area contributed by atoms with E-state index < -0.39 is 6.10 Å². The van der Waals surface area contributed by atoms with E-state index in [1.54, 1.807) is 0 Å². The number of nitrogens with one attached hydrogen (secondary N) is 1. The minimum Gasteiger partial charge on any atom is -0.388 e. The second kappa shape index (κ2) is 8.27. The van der Waals surface area contributed by atoms with Gasteiger partial charge in [-0.1, -0.05) is 78.9 Å². The molecule has 3 nitrogen and oxygen atoms in total. The number of amides is 1. The van der Waals surface area contributed by atoms with Crippen LogP contribution in [0.5, 0.6) is 0 Å². The molecule has 25 heavy (non-hydrogen) atoms. The van der Waals surface area contributed by atoms with Crippen molar-refractivity contribution in [1.82, 2.24) is 0 Å². The zero-order valence-corrected chi connectivity index (χ0v) is 13.9. The largest absolute Gasteiger partial charge is 0.388 e. The molecule has 3 aromatic carbocycles. The highest BCUT2D eigenvalue weighted by molar-refractivity contribution is 5.92. The van der Waals surface area contributed by atoms with Gasteiger partial charge in [-0.05, 0) is 29.2 Å². The van der Waals surface area contributed by atoms with E-state index in [1.165, 1.54) is 5.56 Å². The summed E-state index contributed by atoms with van der Waals surface area (Å²) < 4.78 is 0. The van der Waals surface area contributed by atoms with Crippen LogP contribution in [0, 0.1) is 0 Å². The molecule has 3 aromatic rings. The van der Waals surface area contributed by atoms with Gasteiger partial charge >= 0.3 is 0 Å². The standard InChI is InChI=1S/C22H21NO2/c24-21(18-11-5-2-6-12-18)16-22(25)23-20-14-8-7-13-19(20)15-17-9-3-1-4-10-17/h1-14,21,24H,15-16H2,(H,23,25). The summed E-state index contributed by atoms with van der Waals surface area (Å²) in [7, 11) is 0. The molecule has 0 bridgehead atoms. The van der Waals surface area contributed by atoms with Gasteiger partial charge in [0.1, 0.15) is 0 Å². The van der Waals surface area contributed by atoms with Crippen molar-refractivity contribution in [2.24, 2.45) is 0 Å². The molecule has 0 aromatic heterocycles. The predicted molar refractivity (Wildman–Crippen MR) is 100 cm³/mol. The van der Waals surface area contributed by atoms with Crippen molar-refractivity contribution in [3.8, 4) is 0 Å². The van der Waals surface area contributed by atoms with Crippen LogP contribution in [0.25, 0.3) is 0 Å². The van der Waals surface area contributed by atoms with Crippen LogP contribution in [-0.4, -0.2) is 11.0 Å². The van der Waals surface area contributed by atoms with Gasteiger partial charge in [0.05, 0.1) is 12.5 Å². The van der Waals surface area contributed by atoms with Gasteiger partial charge in [-0.15, -0.1) is 0 Å². The van der Waals surface area contributed by atoms with Gasteiger partial charge in [-0.25, -0.2) is 0 Å². The normalized spacial score (nSPS) is 11.7. The highest BCUT2D eigenvalue weighted by atomic mass is 16.3. The minimum atomic E-state index is -0.803. The van der Waals surface area contributed by atoms with E-state index in [0.717, 1.165) is 23.2 Å². The molecule has 0 radical (unpaired) electrons. The van der Waals surface area contributed by atoms with E-state index in [9.17, 15) is 9.90 Å². The molecule has 0 fully saturated rings. The molecular formula is C22H21NO2. The first-order chi connectivity index (χ1) is 12.2. The number of anilines is 1. The summed E-state index contributed by atoms with van der Waals surface area (Å²) in [5, 5.41) is 13.1. The number of aliphatic hydroxyl groups is 1. The first kappa shape index (κ1) is 16.9. The molecule has 0 saturated heterocycles. The fourth-order valence-electron chi connectivity index (χ4n) is 2.78. The molecule has 0 spiro atoms. The average molecular weight is 331 g/mol. The van der Waals surface area contributed by atoms with Crippen molar-refractivity contribution in [1.29, 1.82) is 0 Å². The van der Waals surface area contributed by atoms with E-state index in [1.807, 2.05) is 72.8 Å². The maximum atomic E-state index is 12.3. The lowest BCUT2D eigenvalue weighted by atomic mass is 10.0. The number of hydrogen-bond donors (Lipinski definition) is 2. The van der Waals surface area contributed by atoms with Crippen molar-refractivity contribution in [3.63, 3.8) is 0 Å². The zero-order chi connectivity index (χ0) is 17.5. The zero-order valence-electron chi connectivity index (χ0n) is 13.9. The highest BCUT2D eigenvalue weighted by Gasteiger charge is 2.14. The van der Waals surface area contributed by atoms with Crippen LogP contribution in [0.15, 0.2) is 84.9 Å². The Morgan fingerprint density at radius 2 is 1.44 bits per heavy atom. The summed E-state index contributed by atoms with van der Waals surface area (Å²) in [5.74, 6) is -0.197. The molecule has 1 amide bonds. The Labute approximate surface area is 148 Å². The first-order valence-corrected chi connectivity index (χ1v) is 8.37. The van der Waals surface area contributed by atoms with E-state index in [-0.39, 0.29) is 12.3 Å². The van der Waals surface area contributed by atoms with Gasteiger partial charge in [0, 0.05) is 5.69 Å². The van der Waals surface area contributed by atoms with Gasteiger partial charge < -0.3 is 10.4 Å². The number of hydrogen-bond acceptors (Lipinski definition) is 2. The fraction of sp³-hybridized carbons (Fsp3) is 0.136. The van der Waals surface area contributed by atoms with Crippen molar-refractivity contribution < 1.29 is 9.90 Å². The van der Waals surface area contributed by atoms with Crippen LogP contribution in [0.1, 0.15) is 29.2 Å². The van der Waals surface area contributed by atoms with Crippen LogP contribution < -0.4 is 5.32 Å². The minimum absolute atomic E-state index is 0.0314. The molecule has 1 atom stereocenters. The number of para-hydroxylation sites is 1. The van der Waals surface area contributed by atoms with Crippen molar-refractivity contribution in [2.75, 3.05) is 5.32 Å². The van der Waals surface area contributed by atoms with Crippen LogP contribution in [0.4, 0.5) is 5.69 Å². The number of benzene rings is 3. The monoisotopic (exact) mass is 331 g/mol. The molecular weight excluding hydrogens is 310 g/mol. The Balaban J connectivity index is 1.67. The number of carbonyl (C=O) groups is 1. The second-order valence-electron chi connectivity index (χ2n) is 6.00. The maximum Gasteiger partial charge on any atom is 0.227 e. The molecule has 0 saturated carbocycles. The molecule has 1 unspecified atom stereocenters. The predicted octanol–water partition coefficient (Wildman–Crippen LogP) is 4.34. The number of rotatable bonds is 6. The lowest BCUT2D eigenvalue weighted by Gasteiger charge is -2.14. The van der Waals surface area contributed by atoms with Gasteiger partial charge in [0.15, 0.2) is 0 Å². The number of aliphatic hydroxyl groups excluding tert-OH is 1. The Hall–Kier alpha value is -2.91. The molecule has 0 aliphatic rings. The van der Waals surface area contributed by atoms with Gasteiger partial charge in [0.25, 0.3) is 0 Å². The summed E-state index contributed by atoms with van der Waals surface area (Å²) in [5.41, 5.74) is 3.77. The lowest BCUT2D eigenvalue weighted by Crippen LogP contribution is -2.16. The molecule has 3 rings (SSSR count). The Kier molecular flexibility index (Phi) is 5.60. The summed E-state index contributed by atoms with van der Waals surface area (Å²) in [4.78, 5) is 12.3. The smallest absolute Gasteiger partial charge is 0.227 e. The van der Waals surface area contributed by atoms with Gasteiger partial charge in [-0.2, -0.15) is 0 Å². The van der Waals surface area contributed by atoms with E-state index in [4.69, 9.17) is 0 Å². The summed E-state index contributed by atoms with van der Waals surface area (Å²) in [6.45, 7) is 0. The maximum absolute atomic E-state index is 12.3.